The van der Waals surface area contributed by atoms with Crippen molar-refractivity contribution in [3.63, 3.8) is 0 Å². The summed E-state index contributed by atoms with van der Waals surface area (Å²) in [6, 6.07) is 10.4. The fraction of sp³-hybridized carbons (Fsp3) is 0.455. The molecule has 0 fully saturated rings. The second kappa shape index (κ2) is 9.01. The summed E-state index contributed by atoms with van der Waals surface area (Å²) < 4.78 is 48.1. The van der Waals surface area contributed by atoms with Gasteiger partial charge in [0.25, 0.3) is 0 Å². The van der Waals surface area contributed by atoms with Gasteiger partial charge in [-0.1, -0.05) is 25.1 Å². The maximum Gasteiger partial charge on any atom is 0.247 e. The fourth-order valence-electron chi connectivity index (χ4n) is 3.65. The minimum Gasteiger partial charge on any atom is -0.487 e. The quantitative estimate of drug-likeness (QED) is 0.781. The van der Waals surface area contributed by atoms with Crippen LogP contribution in [0.1, 0.15) is 13.8 Å². The number of benzene rings is 2. The topological polar surface area (TPSA) is 70.1 Å². The average molecular weight is 437 g/mol. The number of hydrogen-bond donors (Lipinski definition) is 1. The predicted molar refractivity (Wildman–Crippen MR) is 114 cm³/mol. The summed E-state index contributed by atoms with van der Waals surface area (Å²) in [5, 5.41) is 9.66. The zero-order chi connectivity index (χ0) is 22.1. The number of aliphatic hydroxyl groups excluding tert-OH is 1. The van der Waals surface area contributed by atoms with Gasteiger partial charge in [-0.25, -0.2) is 12.8 Å². The van der Waals surface area contributed by atoms with Crippen molar-refractivity contribution in [2.75, 3.05) is 33.8 Å². The van der Waals surface area contributed by atoms with Crippen molar-refractivity contribution in [3.05, 3.63) is 48.3 Å². The minimum atomic E-state index is -3.89. The molecule has 0 aliphatic carbocycles. The summed E-state index contributed by atoms with van der Waals surface area (Å²) >= 11 is 0. The van der Waals surface area contributed by atoms with E-state index in [1.165, 1.54) is 22.5 Å². The van der Waals surface area contributed by atoms with Gasteiger partial charge in [0.15, 0.2) is 0 Å². The Bertz CT molecular complexity index is 996. The van der Waals surface area contributed by atoms with Crippen LogP contribution in [0.2, 0.25) is 0 Å². The smallest absolute Gasteiger partial charge is 0.247 e. The second-order valence-electron chi connectivity index (χ2n) is 8.17. The fourth-order valence-corrected chi connectivity index (χ4v) is 5.48. The number of likely N-dealkylation sites (N-methyl/N-ethyl adjacent to an activating group) is 1. The summed E-state index contributed by atoms with van der Waals surface area (Å²) in [5.74, 6) is -0.234. The maximum absolute atomic E-state index is 13.7. The number of aliphatic hydroxyl groups is 1. The molecule has 2 aromatic carbocycles. The molecule has 0 unspecified atom stereocenters. The molecule has 1 heterocycles. The molecule has 0 bridgehead atoms. The van der Waals surface area contributed by atoms with Crippen molar-refractivity contribution >= 4 is 10.0 Å². The third-order valence-corrected chi connectivity index (χ3v) is 7.39. The van der Waals surface area contributed by atoms with Gasteiger partial charge < -0.3 is 14.7 Å². The van der Waals surface area contributed by atoms with Gasteiger partial charge in [0.1, 0.15) is 22.6 Å². The van der Waals surface area contributed by atoms with Crippen molar-refractivity contribution in [1.29, 1.82) is 0 Å². The Labute approximate surface area is 177 Å². The van der Waals surface area contributed by atoms with Gasteiger partial charge in [0, 0.05) is 25.0 Å². The van der Waals surface area contributed by atoms with E-state index in [1.807, 2.05) is 25.9 Å². The Morgan fingerprint density at radius 3 is 2.57 bits per heavy atom. The molecule has 3 rings (SSSR count). The van der Waals surface area contributed by atoms with Crippen LogP contribution in [0.3, 0.4) is 0 Å². The van der Waals surface area contributed by atoms with Gasteiger partial charge in [-0.2, -0.15) is 4.31 Å². The van der Waals surface area contributed by atoms with Crippen LogP contribution in [-0.4, -0.2) is 68.7 Å². The predicted octanol–water partition coefficient (Wildman–Crippen LogP) is 2.82. The third-order valence-electron chi connectivity index (χ3n) is 5.37. The number of halogens is 1. The Hall–Kier alpha value is -2.00. The van der Waals surface area contributed by atoms with Crippen LogP contribution in [-0.2, 0) is 10.0 Å². The average Bonchev–Trinajstić information content (AvgIpc) is 2.69. The van der Waals surface area contributed by atoms with E-state index in [9.17, 15) is 17.9 Å². The number of rotatable bonds is 5. The lowest BCUT2D eigenvalue weighted by atomic mass is 10.0. The van der Waals surface area contributed by atoms with Crippen molar-refractivity contribution in [2.45, 2.75) is 30.9 Å². The number of nitrogens with zero attached hydrogens (tertiary/aromatic N) is 2. The van der Waals surface area contributed by atoms with E-state index in [-0.39, 0.29) is 41.6 Å². The van der Waals surface area contributed by atoms with E-state index in [0.29, 0.717) is 17.7 Å². The van der Waals surface area contributed by atoms with E-state index in [0.717, 1.165) is 0 Å². The molecule has 0 spiro atoms. The first-order valence-electron chi connectivity index (χ1n) is 9.97. The molecule has 1 aliphatic rings. The van der Waals surface area contributed by atoms with Crippen molar-refractivity contribution in [1.82, 2.24) is 9.21 Å². The number of fused-ring (bicyclic) bond motifs is 1. The zero-order valence-corrected chi connectivity index (χ0v) is 18.6. The van der Waals surface area contributed by atoms with Gasteiger partial charge in [0.2, 0.25) is 10.0 Å². The van der Waals surface area contributed by atoms with E-state index < -0.39 is 16.1 Å². The second-order valence-corrected chi connectivity index (χ2v) is 10.0. The van der Waals surface area contributed by atoms with Crippen LogP contribution in [0.5, 0.6) is 5.75 Å². The Balaban J connectivity index is 2.15. The SMILES string of the molecule is C[C@@H]1CN([C@H](C)CO)S(=O)(=O)c2ccc(-c3cccc(F)c3)cc2O[C@@H]1CN(C)C. The normalized spacial score (nSPS) is 22.6. The Morgan fingerprint density at radius 2 is 1.93 bits per heavy atom. The van der Waals surface area contributed by atoms with E-state index in [4.69, 9.17) is 4.74 Å². The van der Waals surface area contributed by atoms with Gasteiger partial charge in [0.05, 0.1) is 6.61 Å². The molecule has 0 saturated carbocycles. The molecule has 2 aromatic rings. The minimum absolute atomic E-state index is 0.0543. The Morgan fingerprint density at radius 1 is 1.23 bits per heavy atom. The first-order valence-corrected chi connectivity index (χ1v) is 11.4. The van der Waals surface area contributed by atoms with Gasteiger partial charge in [-0.05, 0) is 56.4 Å². The monoisotopic (exact) mass is 436 g/mol. The molecular formula is C22H29FN2O4S. The first kappa shape index (κ1) is 22.7. The Kier molecular flexibility index (Phi) is 6.81. The van der Waals surface area contributed by atoms with E-state index in [1.54, 1.807) is 31.2 Å². The molecular weight excluding hydrogens is 407 g/mol. The zero-order valence-electron chi connectivity index (χ0n) is 17.7. The van der Waals surface area contributed by atoms with Crippen molar-refractivity contribution < 1.29 is 22.7 Å². The highest BCUT2D eigenvalue weighted by Gasteiger charge is 2.37. The summed E-state index contributed by atoms with van der Waals surface area (Å²) in [6.45, 7) is 4.21. The van der Waals surface area contributed by atoms with Crippen LogP contribution < -0.4 is 4.74 Å². The molecule has 3 atom stereocenters. The molecule has 164 valence electrons. The van der Waals surface area contributed by atoms with Gasteiger partial charge in [-0.15, -0.1) is 0 Å². The molecule has 6 nitrogen and oxygen atoms in total. The summed E-state index contributed by atoms with van der Waals surface area (Å²) in [7, 11) is -0.0166. The summed E-state index contributed by atoms with van der Waals surface area (Å²) in [4.78, 5) is 2.05. The standard InChI is InChI=1S/C22H29FN2O4S/c1-15-12-25(16(2)14-26)30(27,28)22-9-8-18(17-6-5-7-19(23)10-17)11-20(22)29-21(15)13-24(3)4/h5-11,15-16,21,26H,12-14H2,1-4H3/t15-,16-,21-/m1/s1. The van der Waals surface area contributed by atoms with Crippen LogP contribution in [0.15, 0.2) is 47.4 Å². The lowest BCUT2D eigenvalue weighted by molar-refractivity contribution is 0.0813. The lowest BCUT2D eigenvalue weighted by Crippen LogP contribution is -2.49. The van der Waals surface area contributed by atoms with Crippen molar-refractivity contribution in [2.24, 2.45) is 5.92 Å². The highest BCUT2D eigenvalue weighted by atomic mass is 32.2. The van der Waals surface area contributed by atoms with Crippen LogP contribution in [0.4, 0.5) is 4.39 Å². The van der Waals surface area contributed by atoms with E-state index in [2.05, 4.69) is 0 Å². The third kappa shape index (κ3) is 4.67. The first-order chi connectivity index (χ1) is 14.1. The lowest BCUT2D eigenvalue weighted by Gasteiger charge is -2.37. The number of sulfonamides is 1. The molecule has 0 radical (unpaired) electrons. The molecule has 1 aliphatic heterocycles. The summed E-state index contributed by atoms with van der Waals surface area (Å²) in [6.07, 6.45) is -0.259. The highest BCUT2D eigenvalue weighted by Crippen LogP contribution is 2.36. The largest absolute Gasteiger partial charge is 0.487 e. The van der Waals surface area contributed by atoms with Crippen LogP contribution >= 0.6 is 0 Å². The molecule has 8 heteroatoms. The van der Waals surface area contributed by atoms with Gasteiger partial charge >= 0.3 is 0 Å². The van der Waals surface area contributed by atoms with Crippen LogP contribution in [0, 0.1) is 11.7 Å². The number of ether oxygens (including phenoxy) is 1. The highest BCUT2D eigenvalue weighted by molar-refractivity contribution is 7.89. The van der Waals surface area contributed by atoms with E-state index >= 15 is 0 Å². The molecule has 0 saturated heterocycles. The molecule has 0 amide bonds. The summed E-state index contributed by atoms with van der Waals surface area (Å²) in [5.41, 5.74) is 1.31. The number of hydrogen-bond acceptors (Lipinski definition) is 5. The molecule has 1 N–H and O–H groups in total. The van der Waals surface area contributed by atoms with Crippen molar-refractivity contribution in [3.8, 4) is 16.9 Å². The maximum atomic E-state index is 13.7. The van der Waals surface area contributed by atoms with Crippen LogP contribution in [0.25, 0.3) is 11.1 Å². The molecule has 30 heavy (non-hydrogen) atoms. The van der Waals surface area contributed by atoms with Gasteiger partial charge in [-0.3, -0.25) is 0 Å². The molecule has 0 aromatic heterocycles.